The molecule has 0 bridgehead atoms. The van der Waals surface area contributed by atoms with Gasteiger partial charge in [0.25, 0.3) is 5.91 Å². The van der Waals surface area contributed by atoms with Crippen LogP contribution in [0.15, 0.2) is 42.6 Å². The lowest BCUT2D eigenvalue weighted by Gasteiger charge is -2.15. The molecule has 0 spiro atoms. The Labute approximate surface area is 118 Å². The zero-order valence-electron chi connectivity index (χ0n) is 11.5. The number of pyridine rings is 1. The lowest BCUT2D eigenvalue weighted by atomic mass is 10.1. The first-order valence-corrected chi connectivity index (χ1v) is 6.84. The van der Waals surface area contributed by atoms with E-state index in [0.717, 1.165) is 12.4 Å². The van der Waals surface area contributed by atoms with Crippen molar-refractivity contribution in [3.8, 4) is 0 Å². The fourth-order valence-corrected chi connectivity index (χ4v) is 2.47. The largest absolute Gasteiger partial charge is 0.370 e. The minimum Gasteiger partial charge on any atom is -0.370 e. The maximum Gasteiger partial charge on any atom is 0.256 e. The summed E-state index contributed by atoms with van der Waals surface area (Å²) in [6, 6.07) is 11.9. The number of anilines is 1. The number of aromatic nitrogens is 1. The van der Waals surface area contributed by atoms with Crippen molar-refractivity contribution in [2.24, 2.45) is 0 Å². The van der Waals surface area contributed by atoms with Crippen LogP contribution >= 0.6 is 0 Å². The first-order chi connectivity index (χ1) is 9.78. The molecular formula is C16H17N3O. The molecule has 0 saturated heterocycles. The van der Waals surface area contributed by atoms with Gasteiger partial charge in [0.15, 0.2) is 0 Å². The number of rotatable bonds is 3. The van der Waals surface area contributed by atoms with Crippen LogP contribution in [0.25, 0.3) is 0 Å². The molecule has 20 heavy (non-hydrogen) atoms. The first kappa shape index (κ1) is 12.7. The lowest BCUT2D eigenvalue weighted by Crippen LogP contribution is -2.25. The van der Waals surface area contributed by atoms with Crippen molar-refractivity contribution >= 4 is 11.7 Å². The van der Waals surface area contributed by atoms with Gasteiger partial charge in [-0.3, -0.25) is 4.79 Å². The van der Waals surface area contributed by atoms with Crippen molar-refractivity contribution in [3.63, 3.8) is 0 Å². The van der Waals surface area contributed by atoms with Crippen LogP contribution in [0, 0.1) is 0 Å². The molecular weight excluding hydrogens is 250 g/mol. The highest BCUT2D eigenvalue weighted by Gasteiger charge is 2.23. The molecule has 1 aromatic carbocycles. The summed E-state index contributed by atoms with van der Waals surface area (Å²) in [4.78, 5) is 18.6. The van der Waals surface area contributed by atoms with Crippen molar-refractivity contribution in [1.29, 1.82) is 0 Å². The Kier molecular flexibility index (Phi) is 3.37. The maximum atomic E-state index is 12.5. The molecule has 0 saturated carbocycles. The van der Waals surface area contributed by atoms with Crippen molar-refractivity contribution in [3.05, 3.63) is 59.3 Å². The van der Waals surface area contributed by atoms with E-state index in [0.29, 0.717) is 18.7 Å². The van der Waals surface area contributed by atoms with Gasteiger partial charge in [0.05, 0.1) is 5.56 Å². The number of hydrogen-bond acceptors (Lipinski definition) is 3. The van der Waals surface area contributed by atoms with Crippen molar-refractivity contribution in [1.82, 2.24) is 9.88 Å². The second kappa shape index (κ2) is 5.33. The van der Waals surface area contributed by atoms with Crippen LogP contribution in [0.1, 0.15) is 28.4 Å². The van der Waals surface area contributed by atoms with Crippen LogP contribution < -0.4 is 5.32 Å². The average molecular weight is 267 g/mol. The molecule has 1 N–H and O–H groups in total. The van der Waals surface area contributed by atoms with Crippen LogP contribution in [0.3, 0.4) is 0 Å². The fourth-order valence-electron chi connectivity index (χ4n) is 2.47. The van der Waals surface area contributed by atoms with E-state index in [1.165, 1.54) is 11.1 Å². The SMILES string of the molecule is CCNc1ccc(C(=O)N2Cc3ccccc3C2)cn1. The Hall–Kier alpha value is -2.36. The van der Waals surface area contributed by atoms with E-state index in [9.17, 15) is 4.79 Å². The molecule has 3 rings (SSSR count). The van der Waals surface area contributed by atoms with Crippen molar-refractivity contribution in [2.45, 2.75) is 20.0 Å². The summed E-state index contributed by atoms with van der Waals surface area (Å²) >= 11 is 0. The van der Waals surface area contributed by atoms with Crippen LogP contribution in [0.2, 0.25) is 0 Å². The summed E-state index contributed by atoms with van der Waals surface area (Å²) in [5.41, 5.74) is 3.11. The third-order valence-corrected chi connectivity index (χ3v) is 3.50. The topological polar surface area (TPSA) is 45.2 Å². The minimum atomic E-state index is 0.0387. The highest BCUT2D eigenvalue weighted by atomic mass is 16.2. The molecule has 2 aromatic rings. The number of carbonyl (C=O) groups is 1. The minimum absolute atomic E-state index is 0.0387. The van der Waals surface area contributed by atoms with Gasteiger partial charge in [-0.15, -0.1) is 0 Å². The van der Waals surface area contributed by atoms with E-state index >= 15 is 0 Å². The molecule has 1 aromatic heterocycles. The summed E-state index contributed by atoms with van der Waals surface area (Å²) in [6.07, 6.45) is 1.64. The Morgan fingerprint density at radius 3 is 2.45 bits per heavy atom. The monoisotopic (exact) mass is 267 g/mol. The first-order valence-electron chi connectivity index (χ1n) is 6.84. The van der Waals surface area contributed by atoms with E-state index in [-0.39, 0.29) is 5.91 Å². The van der Waals surface area contributed by atoms with E-state index in [1.54, 1.807) is 6.20 Å². The standard InChI is InChI=1S/C16H17N3O/c1-2-17-15-8-7-12(9-18-15)16(20)19-10-13-5-3-4-6-14(13)11-19/h3-9H,2,10-11H2,1H3,(H,17,18). The van der Waals surface area contributed by atoms with Crippen LogP contribution in [-0.4, -0.2) is 22.3 Å². The Bertz CT molecular complexity index is 597. The molecule has 0 atom stereocenters. The normalized spacial score (nSPS) is 13.2. The highest BCUT2D eigenvalue weighted by Crippen LogP contribution is 2.23. The highest BCUT2D eigenvalue weighted by molar-refractivity contribution is 5.94. The summed E-state index contributed by atoms with van der Waals surface area (Å²) in [7, 11) is 0. The number of nitrogens with one attached hydrogen (secondary N) is 1. The Balaban J connectivity index is 1.74. The van der Waals surface area contributed by atoms with Gasteiger partial charge in [0.2, 0.25) is 0 Å². The number of carbonyl (C=O) groups excluding carboxylic acids is 1. The van der Waals surface area contributed by atoms with Gasteiger partial charge in [-0.05, 0) is 30.2 Å². The second-order valence-corrected chi connectivity index (χ2v) is 4.89. The van der Waals surface area contributed by atoms with Crippen molar-refractivity contribution in [2.75, 3.05) is 11.9 Å². The summed E-state index contributed by atoms with van der Waals surface area (Å²) < 4.78 is 0. The summed E-state index contributed by atoms with van der Waals surface area (Å²) in [5, 5.41) is 3.12. The van der Waals surface area contributed by atoms with Gasteiger partial charge in [-0.2, -0.15) is 0 Å². The summed E-state index contributed by atoms with van der Waals surface area (Å²) in [5.74, 6) is 0.838. The van der Waals surface area contributed by atoms with Gasteiger partial charge in [-0.1, -0.05) is 24.3 Å². The van der Waals surface area contributed by atoms with E-state index in [2.05, 4.69) is 22.4 Å². The lowest BCUT2D eigenvalue weighted by molar-refractivity contribution is 0.0751. The molecule has 0 fully saturated rings. The molecule has 0 unspecified atom stereocenters. The van der Waals surface area contributed by atoms with Gasteiger partial charge in [0, 0.05) is 25.8 Å². The van der Waals surface area contributed by atoms with Gasteiger partial charge >= 0.3 is 0 Å². The van der Waals surface area contributed by atoms with Gasteiger partial charge in [0.1, 0.15) is 5.82 Å². The zero-order chi connectivity index (χ0) is 13.9. The Morgan fingerprint density at radius 2 is 1.90 bits per heavy atom. The molecule has 1 aliphatic rings. The number of amides is 1. The van der Waals surface area contributed by atoms with E-state index in [1.807, 2.05) is 36.1 Å². The third kappa shape index (κ3) is 2.37. The molecule has 102 valence electrons. The predicted molar refractivity (Wildman–Crippen MR) is 78.4 cm³/mol. The molecule has 1 amide bonds. The Morgan fingerprint density at radius 1 is 1.20 bits per heavy atom. The molecule has 1 aliphatic heterocycles. The quantitative estimate of drug-likeness (QED) is 0.930. The predicted octanol–water partition coefficient (Wildman–Crippen LogP) is 2.67. The molecule has 2 heterocycles. The average Bonchev–Trinajstić information content (AvgIpc) is 2.91. The number of benzene rings is 1. The van der Waals surface area contributed by atoms with Crippen molar-refractivity contribution < 1.29 is 4.79 Å². The fraction of sp³-hybridized carbons (Fsp3) is 0.250. The van der Waals surface area contributed by atoms with Crippen LogP contribution in [-0.2, 0) is 13.1 Å². The number of fused-ring (bicyclic) bond motifs is 1. The molecule has 4 nitrogen and oxygen atoms in total. The smallest absolute Gasteiger partial charge is 0.256 e. The molecule has 4 heteroatoms. The third-order valence-electron chi connectivity index (χ3n) is 3.50. The van der Waals surface area contributed by atoms with E-state index in [4.69, 9.17) is 0 Å². The summed E-state index contributed by atoms with van der Waals surface area (Å²) in [6.45, 7) is 4.21. The number of nitrogens with zero attached hydrogens (tertiary/aromatic N) is 2. The van der Waals surface area contributed by atoms with Crippen LogP contribution in [0.4, 0.5) is 5.82 Å². The molecule has 0 aliphatic carbocycles. The molecule has 0 radical (unpaired) electrons. The zero-order valence-corrected chi connectivity index (χ0v) is 11.5. The number of hydrogen-bond donors (Lipinski definition) is 1. The maximum absolute atomic E-state index is 12.5. The van der Waals surface area contributed by atoms with Gasteiger partial charge in [-0.25, -0.2) is 4.98 Å². The van der Waals surface area contributed by atoms with Crippen LogP contribution in [0.5, 0.6) is 0 Å². The second-order valence-electron chi connectivity index (χ2n) is 4.89. The van der Waals surface area contributed by atoms with Gasteiger partial charge < -0.3 is 10.2 Å². The van der Waals surface area contributed by atoms with E-state index < -0.39 is 0 Å².